The van der Waals surface area contributed by atoms with Crippen molar-refractivity contribution in [3.63, 3.8) is 0 Å². The Morgan fingerprint density at radius 3 is 2.32 bits per heavy atom. The standard InChI is InChI=1S/C15H21F3O/c1-2-3-4-8-11-14(15(16,17)18)19-12-13-9-6-5-7-10-13/h5-7,9-10,14H,2-4,8,11-12H2,1H3/t14-/m0/s1. The molecule has 0 heterocycles. The molecule has 0 N–H and O–H groups in total. The van der Waals surface area contributed by atoms with Gasteiger partial charge in [-0.05, 0) is 12.0 Å². The maximum atomic E-state index is 12.8. The molecule has 0 radical (unpaired) electrons. The molecule has 0 aliphatic rings. The van der Waals surface area contributed by atoms with Gasteiger partial charge in [0, 0.05) is 0 Å². The van der Waals surface area contributed by atoms with Gasteiger partial charge in [-0.3, -0.25) is 0 Å². The largest absolute Gasteiger partial charge is 0.414 e. The van der Waals surface area contributed by atoms with Crippen LogP contribution in [0.15, 0.2) is 30.3 Å². The van der Waals surface area contributed by atoms with Crippen molar-refractivity contribution in [3.05, 3.63) is 35.9 Å². The number of halogens is 3. The van der Waals surface area contributed by atoms with Crippen molar-refractivity contribution < 1.29 is 17.9 Å². The number of hydrogen-bond donors (Lipinski definition) is 0. The summed E-state index contributed by atoms with van der Waals surface area (Å²) in [7, 11) is 0. The molecule has 0 amide bonds. The quantitative estimate of drug-likeness (QED) is 0.599. The molecule has 0 aromatic heterocycles. The topological polar surface area (TPSA) is 9.23 Å². The van der Waals surface area contributed by atoms with Gasteiger partial charge in [0.2, 0.25) is 0 Å². The van der Waals surface area contributed by atoms with Gasteiger partial charge >= 0.3 is 6.18 Å². The summed E-state index contributed by atoms with van der Waals surface area (Å²) in [5.74, 6) is 0. The van der Waals surface area contributed by atoms with E-state index in [1.165, 1.54) is 0 Å². The third-order valence-electron chi connectivity index (χ3n) is 2.98. The Bertz CT molecular complexity index is 335. The van der Waals surface area contributed by atoms with Gasteiger partial charge in [-0.15, -0.1) is 0 Å². The van der Waals surface area contributed by atoms with Gasteiger partial charge in [0.1, 0.15) is 0 Å². The summed E-state index contributed by atoms with van der Waals surface area (Å²) in [6.07, 6.45) is -2.49. The van der Waals surface area contributed by atoms with Gasteiger partial charge in [-0.1, -0.05) is 62.9 Å². The van der Waals surface area contributed by atoms with Crippen LogP contribution >= 0.6 is 0 Å². The van der Waals surface area contributed by atoms with E-state index < -0.39 is 12.3 Å². The monoisotopic (exact) mass is 274 g/mol. The lowest BCUT2D eigenvalue weighted by atomic mass is 10.1. The first-order valence-electron chi connectivity index (χ1n) is 6.76. The summed E-state index contributed by atoms with van der Waals surface area (Å²) >= 11 is 0. The van der Waals surface area contributed by atoms with E-state index in [0.717, 1.165) is 24.8 Å². The molecule has 1 rings (SSSR count). The molecule has 0 aliphatic carbocycles. The predicted octanol–water partition coefficient (Wildman–Crippen LogP) is 5.10. The SMILES string of the molecule is CCCCCC[C@H](OCc1ccccc1)C(F)(F)F. The van der Waals surface area contributed by atoms with E-state index >= 15 is 0 Å². The van der Waals surface area contributed by atoms with Gasteiger partial charge < -0.3 is 4.74 Å². The second-order valence-corrected chi connectivity index (χ2v) is 4.68. The van der Waals surface area contributed by atoms with Crippen LogP contribution in [0, 0.1) is 0 Å². The minimum Gasteiger partial charge on any atom is -0.364 e. The zero-order chi connectivity index (χ0) is 14.1. The van der Waals surface area contributed by atoms with Gasteiger partial charge in [0.15, 0.2) is 6.10 Å². The van der Waals surface area contributed by atoms with Crippen molar-refractivity contribution in [1.29, 1.82) is 0 Å². The number of hydrogen-bond acceptors (Lipinski definition) is 1. The van der Waals surface area contributed by atoms with E-state index in [4.69, 9.17) is 4.74 Å². The molecule has 1 nitrogen and oxygen atoms in total. The first kappa shape index (κ1) is 16.0. The molecular weight excluding hydrogens is 253 g/mol. The van der Waals surface area contributed by atoms with Crippen molar-refractivity contribution in [2.75, 3.05) is 0 Å². The van der Waals surface area contributed by atoms with Gasteiger partial charge in [-0.2, -0.15) is 13.2 Å². The molecule has 0 aliphatic heterocycles. The number of rotatable bonds is 8. The van der Waals surface area contributed by atoms with Crippen LogP contribution < -0.4 is 0 Å². The van der Waals surface area contributed by atoms with Crippen molar-refractivity contribution in [2.24, 2.45) is 0 Å². The highest BCUT2D eigenvalue weighted by Gasteiger charge is 2.39. The maximum Gasteiger partial charge on any atom is 0.414 e. The van der Waals surface area contributed by atoms with Crippen LogP contribution in [0.3, 0.4) is 0 Å². The van der Waals surface area contributed by atoms with Gasteiger partial charge in [0.25, 0.3) is 0 Å². The fourth-order valence-electron chi connectivity index (χ4n) is 1.87. The predicted molar refractivity (Wildman–Crippen MR) is 69.8 cm³/mol. The van der Waals surface area contributed by atoms with Crippen LogP contribution in [0.2, 0.25) is 0 Å². The first-order chi connectivity index (χ1) is 9.04. The third kappa shape index (κ3) is 6.62. The van der Waals surface area contributed by atoms with Crippen LogP contribution in [0.4, 0.5) is 13.2 Å². The number of ether oxygens (including phenoxy) is 1. The lowest BCUT2D eigenvalue weighted by molar-refractivity contribution is -0.225. The molecule has 0 saturated carbocycles. The second kappa shape index (κ2) is 8.20. The van der Waals surface area contributed by atoms with Gasteiger partial charge in [-0.25, -0.2) is 0 Å². The summed E-state index contributed by atoms with van der Waals surface area (Å²) in [5, 5.41) is 0. The van der Waals surface area contributed by atoms with E-state index in [-0.39, 0.29) is 13.0 Å². The molecule has 0 saturated heterocycles. The highest BCUT2D eigenvalue weighted by Crippen LogP contribution is 2.28. The van der Waals surface area contributed by atoms with Crippen LogP contribution in [-0.2, 0) is 11.3 Å². The van der Waals surface area contributed by atoms with E-state index in [9.17, 15) is 13.2 Å². The highest BCUT2D eigenvalue weighted by molar-refractivity contribution is 5.13. The Morgan fingerprint density at radius 1 is 1.05 bits per heavy atom. The molecular formula is C15H21F3O. The molecule has 0 fully saturated rings. The van der Waals surface area contributed by atoms with E-state index in [1.54, 1.807) is 24.3 Å². The maximum absolute atomic E-state index is 12.8. The Labute approximate surface area is 112 Å². The molecule has 19 heavy (non-hydrogen) atoms. The van der Waals surface area contributed by atoms with Crippen molar-refractivity contribution in [2.45, 2.75) is 57.9 Å². The fraction of sp³-hybridized carbons (Fsp3) is 0.600. The Morgan fingerprint density at radius 2 is 1.74 bits per heavy atom. The van der Waals surface area contributed by atoms with E-state index in [1.807, 2.05) is 13.0 Å². The average molecular weight is 274 g/mol. The van der Waals surface area contributed by atoms with E-state index in [0.29, 0.717) is 6.42 Å². The number of unbranched alkanes of at least 4 members (excludes halogenated alkanes) is 3. The van der Waals surface area contributed by atoms with Crippen LogP contribution in [0.25, 0.3) is 0 Å². The third-order valence-corrected chi connectivity index (χ3v) is 2.98. The molecule has 0 bridgehead atoms. The molecule has 1 atom stereocenters. The Balaban J connectivity index is 2.42. The first-order valence-corrected chi connectivity index (χ1v) is 6.76. The summed E-state index contributed by atoms with van der Waals surface area (Å²) in [4.78, 5) is 0. The number of benzene rings is 1. The zero-order valence-electron chi connectivity index (χ0n) is 11.2. The second-order valence-electron chi connectivity index (χ2n) is 4.68. The molecule has 1 aromatic carbocycles. The number of alkyl halides is 3. The lowest BCUT2D eigenvalue weighted by Gasteiger charge is -2.20. The van der Waals surface area contributed by atoms with E-state index in [2.05, 4.69) is 0 Å². The van der Waals surface area contributed by atoms with Crippen molar-refractivity contribution >= 4 is 0 Å². The minimum absolute atomic E-state index is 0.0127. The van der Waals surface area contributed by atoms with Crippen LogP contribution in [0.1, 0.15) is 44.6 Å². The normalized spacial score (nSPS) is 13.5. The van der Waals surface area contributed by atoms with Crippen LogP contribution in [0.5, 0.6) is 0 Å². The lowest BCUT2D eigenvalue weighted by Crippen LogP contribution is -2.31. The zero-order valence-corrected chi connectivity index (χ0v) is 11.2. The summed E-state index contributed by atoms with van der Waals surface area (Å²) < 4.78 is 43.5. The van der Waals surface area contributed by atoms with Crippen LogP contribution in [-0.4, -0.2) is 12.3 Å². The van der Waals surface area contributed by atoms with Crippen molar-refractivity contribution in [1.82, 2.24) is 0 Å². The smallest absolute Gasteiger partial charge is 0.364 e. The summed E-state index contributed by atoms with van der Waals surface area (Å²) in [5.41, 5.74) is 0.769. The molecule has 0 spiro atoms. The molecule has 4 heteroatoms. The Kier molecular flexibility index (Phi) is 6.92. The Hall–Kier alpha value is -1.03. The van der Waals surface area contributed by atoms with Gasteiger partial charge in [0.05, 0.1) is 6.61 Å². The summed E-state index contributed by atoms with van der Waals surface area (Å²) in [6.45, 7) is 2.05. The molecule has 1 aromatic rings. The highest BCUT2D eigenvalue weighted by atomic mass is 19.4. The van der Waals surface area contributed by atoms with Crippen molar-refractivity contribution in [3.8, 4) is 0 Å². The molecule has 0 unspecified atom stereocenters. The average Bonchev–Trinajstić information content (AvgIpc) is 2.37. The fourth-order valence-corrected chi connectivity index (χ4v) is 1.87. The minimum atomic E-state index is -4.28. The summed E-state index contributed by atoms with van der Waals surface area (Å²) in [6, 6.07) is 8.95. The molecule has 108 valence electrons.